The summed E-state index contributed by atoms with van der Waals surface area (Å²) in [5.74, 6) is 0.454. The lowest BCUT2D eigenvalue weighted by Gasteiger charge is -2.20. The molecule has 0 saturated heterocycles. The molecule has 1 heteroatoms. The molecule has 0 aliphatic heterocycles. The number of benzene rings is 1. The van der Waals surface area contributed by atoms with E-state index in [2.05, 4.69) is 51.1 Å². The van der Waals surface area contributed by atoms with Gasteiger partial charge in [-0.3, -0.25) is 4.79 Å². The normalized spacial score (nSPS) is 11.7. The molecule has 0 N–H and O–H groups in total. The van der Waals surface area contributed by atoms with Crippen LogP contribution in [0.15, 0.2) is 30.3 Å². The number of ketones is 1. The van der Waals surface area contributed by atoms with Crippen LogP contribution in [-0.2, 0) is 11.2 Å². The molecule has 0 radical (unpaired) electrons. The zero-order chi connectivity index (χ0) is 20.5. The van der Waals surface area contributed by atoms with E-state index in [4.69, 9.17) is 0 Å². The van der Waals surface area contributed by atoms with Crippen LogP contribution in [0.2, 0.25) is 0 Å². The van der Waals surface area contributed by atoms with Crippen molar-refractivity contribution in [3.8, 4) is 0 Å². The Labute approximate surface area is 175 Å². The lowest BCUT2D eigenvalue weighted by Crippen LogP contribution is -2.22. The van der Waals surface area contributed by atoms with Crippen LogP contribution < -0.4 is 0 Å². The molecular weight excluding hydrogens is 340 g/mol. The average molecular weight is 387 g/mol. The number of hydrogen-bond acceptors (Lipinski definition) is 1. The maximum absolute atomic E-state index is 12.1. The Hall–Kier alpha value is -1.11. The Morgan fingerprint density at radius 2 is 1.11 bits per heavy atom. The fourth-order valence-corrected chi connectivity index (χ4v) is 3.74. The number of Topliss-reactive ketones (excluding diaryl/α,β-unsaturated/α-hetero) is 1. The first-order chi connectivity index (χ1) is 13.6. The third-order valence-corrected chi connectivity index (χ3v) is 6.35. The van der Waals surface area contributed by atoms with E-state index in [0.29, 0.717) is 5.78 Å². The highest BCUT2D eigenvalue weighted by molar-refractivity contribution is 5.83. The van der Waals surface area contributed by atoms with E-state index in [9.17, 15) is 4.79 Å². The SMILES string of the molecule is CCC(C)(C)C(=O)CCCCCCCCCCCCCCCc1ccccc1. The summed E-state index contributed by atoms with van der Waals surface area (Å²) in [5, 5.41) is 0. The minimum Gasteiger partial charge on any atom is -0.299 e. The maximum atomic E-state index is 12.1. The summed E-state index contributed by atoms with van der Waals surface area (Å²) in [7, 11) is 0. The Morgan fingerprint density at radius 1 is 0.679 bits per heavy atom. The second-order valence-corrected chi connectivity index (χ2v) is 9.24. The molecule has 1 nitrogen and oxygen atoms in total. The number of hydrogen-bond donors (Lipinski definition) is 0. The predicted octanol–water partition coefficient (Wildman–Crippen LogP) is 8.70. The summed E-state index contributed by atoms with van der Waals surface area (Å²) in [4.78, 5) is 12.1. The standard InChI is InChI=1S/C27H46O/c1-4-27(2,3)26(28)24-20-15-13-11-9-7-5-6-8-10-12-14-17-21-25-22-18-16-19-23-25/h16,18-19,22-23H,4-15,17,20-21,24H2,1-3H3. The Bertz CT molecular complexity index is 488. The van der Waals surface area contributed by atoms with Gasteiger partial charge in [0.2, 0.25) is 0 Å². The van der Waals surface area contributed by atoms with Crippen molar-refractivity contribution < 1.29 is 4.79 Å². The van der Waals surface area contributed by atoms with Crippen molar-refractivity contribution in [1.82, 2.24) is 0 Å². The van der Waals surface area contributed by atoms with Gasteiger partial charge >= 0.3 is 0 Å². The molecule has 0 unspecified atom stereocenters. The van der Waals surface area contributed by atoms with E-state index in [1.54, 1.807) is 0 Å². The summed E-state index contributed by atoms with van der Waals surface area (Å²) in [6.07, 6.45) is 20.5. The molecule has 0 amide bonds. The lowest BCUT2D eigenvalue weighted by molar-refractivity contribution is -0.127. The van der Waals surface area contributed by atoms with Crippen LogP contribution in [0, 0.1) is 5.41 Å². The third-order valence-electron chi connectivity index (χ3n) is 6.35. The fourth-order valence-electron chi connectivity index (χ4n) is 3.74. The van der Waals surface area contributed by atoms with E-state index in [-0.39, 0.29) is 5.41 Å². The number of carbonyl (C=O) groups is 1. The van der Waals surface area contributed by atoms with Gasteiger partial charge in [0.05, 0.1) is 0 Å². The largest absolute Gasteiger partial charge is 0.299 e. The minimum atomic E-state index is -0.109. The minimum absolute atomic E-state index is 0.109. The van der Waals surface area contributed by atoms with Gasteiger partial charge in [0.25, 0.3) is 0 Å². The van der Waals surface area contributed by atoms with Crippen LogP contribution >= 0.6 is 0 Å². The summed E-state index contributed by atoms with van der Waals surface area (Å²) in [6.45, 7) is 6.28. The van der Waals surface area contributed by atoms with Crippen molar-refractivity contribution in [2.24, 2.45) is 5.41 Å². The monoisotopic (exact) mass is 386 g/mol. The zero-order valence-corrected chi connectivity index (χ0v) is 19.1. The molecule has 28 heavy (non-hydrogen) atoms. The summed E-state index contributed by atoms with van der Waals surface area (Å²) < 4.78 is 0. The van der Waals surface area contributed by atoms with E-state index in [0.717, 1.165) is 19.3 Å². The van der Waals surface area contributed by atoms with Gasteiger partial charge < -0.3 is 0 Å². The van der Waals surface area contributed by atoms with Gasteiger partial charge in [0.1, 0.15) is 5.78 Å². The Kier molecular flexibility index (Phi) is 14.0. The van der Waals surface area contributed by atoms with Crippen molar-refractivity contribution in [1.29, 1.82) is 0 Å². The summed E-state index contributed by atoms with van der Waals surface area (Å²) in [6, 6.07) is 10.9. The highest BCUT2D eigenvalue weighted by atomic mass is 16.1. The van der Waals surface area contributed by atoms with Crippen molar-refractivity contribution in [2.45, 2.75) is 124 Å². The van der Waals surface area contributed by atoms with Crippen molar-refractivity contribution in [3.05, 3.63) is 35.9 Å². The van der Waals surface area contributed by atoms with Gasteiger partial charge in [-0.05, 0) is 31.2 Å². The van der Waals surface area contributed by atoms with Crippen LogP contribution in [0.4, 0.5) is 0 Å². The molecule has 0 aliphatic carbocycles. The van der Waals surface area contributed by atoms with Crippen LogP contribution in [0.3, 0.4) is 0 Å². The number of carbonyl (C=O) groups excluding carboxylic acids is 1. The molecule has 0 fully saturated rings. The van der Waals surface area contributed by atoms with Gasteiger partial charge in [-0.1, -0.05) is 122 Å². The molecule has 1 rings (SSSR count). The molecule has 0 atom stereocenters. The molecule has 0 bridgehead atoms. The van der Waals surface area contributed by atoms with Crippen molar-refractivity contribution in [3.63, 3.8) is 0 Å². The van der Waals surface area contributed by atoms with E-state index >= 15 is 0 Å². The lowest BCUT2D eigenvalue weighted by atomic mass is 9.83. The van der Waals surface area contributed by atoms with Crippen LogP contribution in [0.5, 0.6) is 0 Å². The van der Waals surface area contributed by atoms with E-state index in [1.807, 2.05) is 0 Å². The van der Waals surface area contributed by atoms with Crippen LogP contribution in [-0.4, -0.2) is 5.78 Å². The van der Waals surface area contributed by atoms with Gasteiger partial charge in [-0.15, -0.1) is 0 Å². The molecule has 0 aromatic heterocycles. The van der Waals surface area contributed by atoms with E-state index in [1.165, 1.54) is 89.0 Å². The molecule has 0 spiro atoms. The second kappa shape index (κ2) is 15.8. The summed E-state index contributed by atoms with van der Waals surface area (Å²) >= 11 is 0. The Morgan fingerprint density at radius 3 is 1.57 bits per heavy atom. The maximum Gasteiger partial charge on any atom is 0.138 e. The first-order valence-corrected chi connectivity index (χ1v) is 12.1. The molecule has 0 saturated carbocycles. The van der Waals surface area contributed by atoms with Crippen LogP contribution in [0.25, 0.3) is 0 Å². The number of aryl methyl sites for hydroxylation is 1. The van der Waals surface area contributed by atoms with Crippen molar-refractivity contribution in [2.75, 3.05) is 0 Å². The van der Waals surface area contributed by atoms with Crippen LogP contribution in [0.1, 0.15) is 123 Å². The number of unbranched alkanes of at least 4 members (excludes halogenated alkanes) is 12. The average Bonchev–Trinajstić information content (AvgIpc) is 2.71. The highest BCUT2D eigenvalue weighted by Gasteiger charge is 2.23. The molecule has 0 aliphatic rings. The summed E-state index contributed by atoms with van der Waals surface area (Å²) in [5.41, 5.74) is 1.38. The highest BCUT2D eigenvalue weighted by Crippen LogP contribution is 2.24. The Balaban J connectivity index is 1.78. The first-order valence-electron chi connectivity index (χ1n) is 12.1. The number of rotatable bonds is 18. The van der Waals surface area contributed by atoms with Gasteiger partial charge in [0, 0.05) is 11.8 Å². The van der Waals surface area contributed by atoms with Gasteiger partial charge in [0.15, 0.2) is 0 Å². The van der Waals surface area contributed by atoms with E-state index < -0.39 is 0 Å². The topological polar surface area (TPSA) is 17.1 Å². The van der Waals surface area contributed by atoms with Crippen molar-refractivity contribution >= 4 is 5.78 Å². The molecule has 1 aromatic rings. The van der Waals surface area contributed by atoms with Gasteiger partial charge in [-0.2, -0.15) is 0 Å². The predicted molar refractivity (Wildman–Crippen MR) is 124 cm³/mol. The quantitative estimate of drug-likeness (QED) is 0.231. The third kappa shape index (κ3) is 12.4. The fraction of sp³-hybridized carbons (Fsp3) is 0.741. The molecular formula is C27H46O. The first kappa shape index (κ1) is 24.9. The molecule has 0 heterocycles. The van der Waals surface area contributed by atoms with Gasteiger partial charge in [-0.25, -0.2) is 0 Å². The zero-order valence-electron chi connectivity index (χ0n) is 19.1. The molecule has 1 aromatic carbocycles. The molecule has 160 valence electrons. The smallest absolute Gasteiger partial charge is 0.138 e. The second-order valence-electron chi connectivity index (χ2n) is 9.24.